The monoisotopic (exact) mass is 498 g/mol. The van der Waals surface area contributed by atoms with Crippen LogP contribution in [0, 0.1) is 6.92 Å². The fraction of sp³-hybridized carbons (Fsp3) is 0.360. The van der Waals surface area contributed by atoms with E-state index in [1.54, 1.807) is 6.07 Å². The van der Waals surface area contributed by atoms with E-state index in [9.17, 15) is 14.4 Å². The number of methoxy groups -OCH3 is 1. The summed E-state index contributed by atoms with van der Waals surface area (Å²) < 4.78 is 12.6. The number of nitrogens with two attached hydrogens (primary N) is 1. The Morgan fingerprint density at radius 3 is 2.60 bits per heavy atom. The second-order valence-electron chi connectivity index (χ2n) is 8.04. The van der Waals surface area contributed by atoms with Crippen molar-refractivity contribution in [1.29, 1.82) is 0 Å². The molecule has 3 N–H and O–H groups in total. The molecule has 2 heterocycles. The van der Waals surface area contributed by atoms with Crippen molar-refractivity contribution in [3.63, 3.8) is 0 Å². The Balaban J connectivity index is 1.71. The predicted molar refractivity (Wildman–Crippen MR) is 133 cm³/mol. The smallest absolute Gasteiger partial charge is 0.328 e. The molecule has 1 atom stereocenters. The number of primary amides is 1. The summed E-state index contributed by atoms with van der Waals surface area (Å²) >= 11 is 1.48. The van der Waals surface area contributed by atoms with E-state index < -0.39 is 17.9 Å². The Bertz CT molecular complexity index is 1170. The zero-order chi connectivity index (χ0) is 25.4. The highest BCUT2D eigenvalue weighted by atomic mass is 32.1. The Labute approximate surface area is 208 Å². The van der Waals surface area contributed by atoms with E-state index in [1.165, 1.54) is 25.4 Å². The first-order valence-electron chi connectivity index (χ1n) is 11.3. The van der Waals surface area contributed by atoms with Crippen LogP contribution in [-0.2, 0) is 27.5 Å². The van der Waals surface area contributed by atoms with Crippen LogP contribution in [0.2, 0.25) is 0 Å². The number of amides is 2. The van der Waals surface area contributed by atoms with Crippen molar-refractivity contribution in [2.45, 2.75) is 52.3 Å². The number of carbonyl (C=O) groups is 3. The Morgan fingerprint density at radius 1 is 1.20 bits per heavy atom. The molecule has 0 saturated carbocycles. The van der Waals surface area contributed by atoms with Gasteiger partial charge in [-0.25, -0.2) is 9.78 Å². The number of aromatic nitrogens is 2. The number of esters is 1. The van der Waals surface area contributed by atoms with Crippen molar-refractivity contribution in [1.82, 2.24) is 14.9 Å². The van der Waals surface area contributed by atoms with Gasteiger partial charge in [0.2, 0.25) is 5.91 Å². The average molecular weight is 499 g/mol. The molecule has 0 spiro atoms. The van der Waals surface area contributed by atoms with Crippen LogP contribution in [-0.4, -0.2) is 40.5 Å². The summed E-state index contributed by atoms with van der Waals surface area (Å²) in [5, 5.41) is 5.37. The molecule has 35 heavy (non-hydrogen) atoms. The van der Waals surface area contributed by atoms with Gasteiger partial charge in [-0.2, -0.15) is 0 Å². The molecule has 186 valence electrons. The highest BCUT2D eigenvalue weighted by Gasteiger charge is 2.21. The molecule has 3 rings (SSSR count). The number of ether oxygens (including phenoxy) is 2. The minimum Gasteiger partial charge on any atom is -0.486 e. The minimum absolute atomic E-state index is 0.286. The highest BCUT2D eigenvalue weighted by molar-refractivity contribution is 7.09. The number of hydrogen-bond acceptors (Lipinski definition) is 7. The maximum atomic E-state index is 12.0. The van der Waals surface area contributed by atoms with Gasteiger partial charge in [0.05, 0.1) is 24.1 Å². The number of nitrogens with zero attached hydrogens (tertiary/aromatic N) is 2. The summed E-state index contributed by atoms with van der Waals surface area (Å²) in [6.07, 6.45) is 1.82. The lowest BCUT2D eigenvalue weighted by molar-refractivity contribution is -0.145. The van der Waals surface area contributed by atoms with Gasteiger partial charge >= 0.3 is 5.97 Å². The van der Waals surface area contributed by atoms with Crippen molar-refractivity contribution >= 4 is 29.1 Å². The zero-order valence-electron chi connectivity index (χ0n) is 20.1. The van der Waals surface area contributed by atoms with Crippen LogP contribution < -0.4 is 15.8 Å². The lowest BCUT2D eigenvalue weighted by Crippen LogP contribution is -2.40. The SMILES string of the molecule is COC(=O)C(CCCCn1c(-c2csc(COc3ccccc3)n2)cc(C(N)=O)c1C)NC(C)=O. The van der Waals surface area contributed by atoms with E-state index in [0.717, 1.165) is 27.8 Å². The minimum atomic E-state index is -0.686. The van der Waals surface area contributed by atoms with Gasteiger partial charge in [0.15, 0.2) is 0 Å². The fourth-order valence-electron chi connectivity index (χ4n) is 3.81. The normalized spacial score (nSPS) is 11.6. The van der Waals surface area contributed by atoms with E-state index in [1.807, 2.05) is 47.2 Å². The van der Waals surface area contributed by atoms with Gasteiger partial charge in [0.25, 0.3) is 5.91 Å². The van der Waals surface area contributed by atoms with E-state index in [-0.39, 0.29) is 5.91 Å². The van der Waals surface area contributed by atoms with E-state index in [2.05, 4.69) is 5.32 Å². The molecule has 0 aliphatic heterocycles. The molecule has 0 radical (unpaired) electrons. The molecule has 2 amide bonds. The largest absolute Gasteiger partial charge is 0.486 e. The maximum Gasteiger partial charge on any atom is 0.328 e. The summed E-state index contributed by atoms with van der Waals surface area (Å²) in [4.78, 5) is 40.0. The highest BCUT2D eigenvalue weighted by Crippen LogP contribution is 2.28. The van der Waals surface area contributed by atoms with Gasteiger partial charge in [0.1, 0.15) is 23.4 Å². The van der Waals surface area contributed by atoms with Gasteiger partial charge in [-0.15, -0.1) is 11.3 Å². The number of benzene rings is 1. The van der Waals surface area contributed by atoms with Crippen molar-refractivity contribution in [2.24, 2.45) is 5.73 Å². The van der Waals surface area contributed by atoms with Crippen LogP contribution in [0.15, 0.2) is 41.8 Å². The Hall–Kier alpha value is -3.66. The maximum absolute atomic E-state index is 12.0. The van der Waals surface area contributed by atoms with Crippen LogP contribution >= 0.6 is 11.3 Å². The summed E-state index contributed by atoms with van der Waals surface area (Å²) in [6.45, 7) is 4.15. The number of thiazole rings is 1. The molecule has 1 aromatic carbocycles. The first-order chi connectivity index (χ1) is 16.8. The molecule has 0 aliphatic rings. The van der Waals surface area contributed by atoms with Crippen LogP contribution in [0.3, 0.4) is 0 Å². The molecular weight excluding hydrogens is 468 g/mol. The van der Waals surface area contributed by atoms with Gasteiger partial charge in [-0.05, 0) is 44.4 Å². The van der Waals surface area contributed by atoms with Crippen LogP contribution in [0.4, 0.5) is 0 Å². The molecule has 0 saturated heterocycles. The number of nitrogens with one attached hydrogen (secondary N) is 1. The third-order valence-corrected chi connectivity index (χ3v) is 6.36. The first kappa shape index (κ1) is 26.0. The number of carbonyl (C=O) groups excluding carboxylic acids is 3. The van der Waals surface area contributed by atoms with Crippen LogP contribution in [0.5, 0.6) is 5.75 Å². The van der Waals surface area contributed by atoms with E-state index in [0.29, 0.717) is 38.0 Å². The summed E-state index contributed by atoms with van der Waals surface area (Å²) in [5.41, 5.74) is 8.34. The van der Waals surface area contributed by atoms with Gasteiger partial charge in [-0.1, -0.05) is 18.2 Å². The topological polar surface area (TPSA) is 126 Å². The first-order valence-corrected chi connectivity index (χ1v) is 12.2. The third kappa shape index (κ3) is 6.92. The number of unbranched alkanes of at least 4 members (excludes halogenated alkanes) is 1. The summed E-state index contributed by atoms with van der Waals surface area (Å²) in [6, 6.07) is 10.6. The zero-order valence-corrected chi connectivity index (χ0v) is 20.9. The third-order valence-electron chi connectivity index (χ3n) is 5.54. The van der Waals surface area contributed by atoms with Gasteiger partial charge in [0, 0.05) is 24.5 Å². The predicted octanol–water partition coefficient (Wildman–Crippen LogP) is 3.45. The van der Waals surface area contributed by atoms with Crippen LogP contribution in [0.1, 0.15) is 47.2 Å². The lowest BCUT2D eigenvalue weighted by Gasteiger charge is -2.16. The summed E-state index contributed by atoms with van der Waals surface area (Å²) in [7, 11) is 1.30. The van der Waals surface area contributed by atoms with Crippen molar-refractivity contribution in [3.05, 3.63) is 58.0 Å². The fourth-order valence-corrected chi connectivity index (χ4v) is 4.51. The summed E-state index contributed by atoms with van der Waals surface area (Å²) in [5.74, 6) is -0.488. The number of rotatable bonds is 12. The van der Waals surface area contributed by atoms with E-state index >= 15 is 0 Å². The molecule has 1 unspecified atom stereocenters. The Morgan fingerprint density at radius 2 is 1.94 bits per heavy atom. The van der Waals surface area contributed by atoms with Crippen molar-refractivity contribution in [3.8, 4) is 17.1 Å². The second kappa shape index (κ2) is 12.2. The second-order valence-corrected chi connectivity index (χ2v) is 8.99. The van der Waals surface area contributed by atoms with Gasteiger partial charge < -0.3 is 25.1 Å². The molecule has 0 fully saturated rings. The van der Waals surface area contributed by atoms with Crippen LogP contribution in [0.25, 0.3) is 11.4 Å². The average Bonchev–Trinajstić information content (AvgIpc) is 3.44. The van der Waals surface area contributed by atoms with Crippen molar-refractivity contribution < 1.29 is 23.9 Å². The molecule has 0 bridgehead atoms. The van der Waals surface area contributed by atoms with Crippen molar-refractivity contribution in [2.75, 3.05) is 7.11 Å². The molecule has 2 aromatic heterocycles. The molecular formula is C25H30N4O5S. The quantitative estimate of drug-likeness (QED) is 0.291. The Kier molecular flexibility index (Phi) is 9.02. The molecule has 3 aromatic rings. The van der Waals surface area contributed by atoms with Gasteiger partial charge in [-0.3, -0.25) is 9.59 Å². The molecule has 10 heteroatoms. The molecule has 0 aliphatic carbocycles. The number of hydrogen-bond donors (Lipinski definition) is 2. The van der Waals surface area contributed by atoms with E-state index in [4.69, 9.17) is 20.2 Å². The standard InChI is InChI=1S/C25H30N4O5S/c1-16-19(24(26)31)13-22(21-15-35-23(28-21)14-34-18-9-5-4-6-10-18)29(16)12-8-7-11-20(25(32)33-3)27-17(2)30/h4-6,9-10,13,15,20H,7-8,11-12,14H2,1-3H3,(H2,26,31)(H,27,30). The number of para-hydroxylation sites is 1. The lowest BCUT2D eigenvalue weighted by atomic mass is 10.1. The molecule has 9 nitrogen and oxygen atoms in total.